The first kappa shape index (κ1) is 21.0. The number of aliphatic hydroxyl groups excluding tert-OH is 1. The zero-order chi connectivity index (χ0) is 22.5. The molecule has 1 saturated carbocycles. The smallest absolute Gasteiger partial charge is 0.309 e. The number of halogens is 1. The Morgan fingerprint density at radius 3 is 2.53 bits per heavy atom. The van der Waals surface area contributed by atoms with Gasteiger partial charge >= 0.3 is 5.97 Å². The van der Waals surface area contributed by atoms with Crippen molar-refractivity contribution < 1.29 is 24.5 Å². The Morgan fingerprint density at radius 1 is 1.16 bits per heavy atom. The number of ether oxygens (including phenoxy) is 2. The lowest BCUT2D eigenvalue weighted by atomic mass is 9.56. The van der Waals surface area contributed by atoms with Gasteiger partial charge in [-0.05, 0) is 23.3 Å². The Hall–Kier alpha value is -2.90. The van der Waals surface area contributed by atoms with E-state index < -0.39 is 35.4 Å². The van der Waals surface area contributed by atoms with Crippen molar-refractivity contribution >= 4 is 21.9 Å². The Labute approximate surface area is 194 Å². The molecule has 1 aliphatic carbocycles. The van der Waals surface area contributed by atoms with Gasteiger partial charge in [0.1, 0.15) is 17.1 Å². The molecule has 0 saturated heterocycles. The number of carboxylic acid groups (broad SMARTS) is 1. The van der Waals surface area contributed by atoms with Gasteiger partial charge in [0.25, 0.3) is 0 Å². The van der Waals surface area contributed by atoms with E-state index in [4.69, 9.17) is 9.47 Å². The van der Waals surface area contributed by atoms with Gasteiger partial charge in [-0.25, -0.2) is 0 Å². The molecule has 5 rings (SSSR count). The summed E-state index contributed by atoms with van der Waals surface area (Å²) in [5.41, 5.74) is 1.32. The Bertz CT molecular complexity index is 1150. The van der Waals surface area contributed by atoms with Crippen molar-refractivity contribution in [3.8, 4) is 11.5 Å². The minimum absolute atomic E-state index is 0.409. The molecule has 6 nitrogen and oxygen atoms in total. The number of methoxy groups -OCH3 is 1. The molecule has 2 N–H and O–H groups in total. The Balaban J connectivity index is 1.81. The summed E-state index contributed by atoms with van der Waals surface area (Å²) in [4.78, 5) is 16.9. The second-order valence-electron chi connectivity index (χ2n) is 8.31. The predicted molar refractivity (Wildman–Crippen MR) is 121 cm³/mol. The highest BCUT2D eigenvalue weighted by atomic mass is 79.9. The van der Waals surface area contributed by atoms with E-state index in [1.807, 2.05) is 54.6 Å². The Kier molecular flexibility index (Phi) is 5.18. The molecule has 2 bridgehead atoms. The van der Waals surface area contributed by atoms with E-state index in [1.54, 1.807) is 12.4 Å². The molecule has 0 amide bonds. The summed E-state index contributed by atoms with van der Waals surface area (Å²) in [5.74, 6) is -2.25. The number of aliphatic carboxylic acids is 1. The molecule has 2 heterocycles. The third-order valence-corrected chi connectivity index (χ3v) is 7.27. The molecule has 2 aliphatic rings. The van der Waals surface area contributed by atoms with Gasteiger partial charge in [0.05, 0.1) is 31.5 Å². The quantitative estimate of drug-likeness (QED) is 0.554. The monoisotopic (exact) mass is 495 g/mol. The van der Waals surface area contributed by atoms with Gasteiger partial charge in [0.15, 0.2) is 0 Å². The van der Waals surface area contributed by atoms with Crippen LogP contribution in [0.3, 0.4) is 0 Å². The summed E-state index contributed by atoms with van der Waals surface area (Å²) in [6.45, 7) is 0. The number of carbonyl (C=O) groups is 1. The highest BCUT2D eigenvalue weighted by molar-refractivity contribution is 9.10. The maximum atomic E-state index is 12.6. The topological polar surface area (TPSA) is 88.9 Å². The molecule has 0 unspecified atom stereocenters. The predicted octanol–water partition coefficient (Wildman–Crippen LogP) is 4.47. The lowest BCUT2D eigenvalue weighted by Crippen LogP contribution is -2.57. The number of hydrogen-bond acceptors (Lipinski definition) is 5. The average Bonchev–Trinajstić information content (AvgIpc) is 2.81. The fourth-order valence-corrected chi connectivity index (χ4v) is 5.71. The van der Waals surface area contributed by atoms with E-state index >= 15 is 0 Å². The highest BCUT2D eigenvalue weighted by Gasteiger charge is 2.61. The van der Waals surface area contributed by atoms with Crippen LogP contribution in [-0.2, 0) is 10.4 Å². The summed E-state index contributed by atoms with van der Waals surface area (Å²) < 4.78 is 13.1. The van der Waals surface area contributed by atoms with Crippen molar-refractivity contribution in [3.63, 3.8) is 0 Å². The van der Waals surface area contributed by atoms with E-state index in [-0.39, 0.29) is 0 Å². The third-order valence-electron chi connectivity index (χ3n) is 6.74. The number of nitrogens with zero attached hydrogens (tertiary/aromatic N) is 1. The molecule has 2 aromatic carbocycles. The number of pyridine rings is 1. The van der Waals surface area contributed by atoms with E-state index in [9.17, 15) is 15.0 Å². The first-order valence-corrected chi connectivity index (χ1v) is 11.2. The van der Waals surface area contributed by atoms with Crippen LogP contribution in [0.5, 0.6) is 11.5 Å². The van der Waals surface area contributed by atoms with Gasteiger partial charge in [-0.15, -0.1) is 0 Å². The lowest BCUT2D eigenvalue weighted by molar-refractivity contribution is -0.162. The number of benzene rings is 2. The van der Waals surface area contributed by atoms with Crippen molar-refractivity contribution in [3.05, 3.63) is 88.2 Å². The molecule has 7 heteroatoms. The largest absolute Gasteiger partial charge is 0.495 e. The van der Waals surface area contributed by atoms with Crippen LogP contribution in [0.4, 0.5) is 0 Å². The van der Waals surface area contributed by atoms with E-state index in [0.717, 1.165) is 15.6 Å². The molecular formula is C25H22BrNO5. The molecule has 1 fully saturated rings. The second-order valence-corrected chi connectivity index (χ2v) is 9.22. The summed E-state index contributed by atoms with van der Waals surface area (Å²) in [6.07, 6.45) is 2.47. The maximum Gasteiger partial charge on any atom is 0.309 e. The van der Waals surface area contributed by atoms with E-state index in [2.05, 4.69) is 20.9 Å². The first-order chi connectivity index (χ1) is 15.5. The summed E-state index contributed by atoms with van der Waals surface area (Å²) in [7, 11) is 1.53. The zero-order valence-corrected chi connectivity index (χ0v) is 18.9. The molecule has 32 heavy (non-hydrogen) atoms. The van der Waals surface area contributed by atoms with Gasteiger partial charge in [0, 0.05) is 28.3 Å². The molecule has 5 atom stereocenters. The van der Waals surface area contributed by atoms with Crippen LogP contribution < -0.4 is 9.47 Å². The van der Waals surface area contributed by atoms with Crippen LogP contribution >= 0.6 is 15.9 Å². The summed E-state index contributed by atoms with van der Waals surface area (Å²) >= 11 is 3.48. The van der Waals surface area contributed by atoms with Gasteiger partial charge in [-0.2, -0.15) is 0 Å². The number of aliphatic hydroxyl groups is 1. The van der Waals surface area contributed by atoms with Gasteiger partial charge in [0.2, 0.25) is 0 Å². The van der Waals surface area contributed by atoms with Crippen LogP contribution in [-0.4, -0.2) is 34.4 Å². The van der Waals surface area contributed by atoms with Crippen molar-refractivity contribution in [2.24, 2.45) is 5.92 Å². The van der Waals surface area contributed by atoms with Crippen LogP contribution in [0.2, 0.25) is 0 Å². The van der Waals surface area contributed by atoms with Crippen LogP contribution in [0.15, 0.2) is 71.5 Å². The second kappa shape index (κ2) is 7.90. The molecular weight excluding hydrogens is 474 g/mol. The number of aromatic nitrogens is 1. The molecule has 0 radical (unpaired) electrons. The highest BCUT2D eigenvalue weighted by Crippen LogP contribution is 2.62. The molecule has 1 aliphatic heterocycles. The lowest BCUT2D eigenvalue weighted by Gasteiger charge is -2.55. The van der Waals surface area contributed by atoms with Crippen LogP contribution in [0, 0.1) is 5.92 Å². The first-order valence-electron chi connectivity index (χ1n) is 10.4. The number of carboxylic acids is 1. The molecule has 1 aromatic heterocycles. The Morgan fingerprint density at radius 2 is 1.88 bits per heavy atom. The van der Waals surface area contributed by atoms with E-state index in [0.29, 0.717) is 23.5 Å². The van der Waals surface area contributed by atoms with Gasteiger partial charge in [-0.3, -0.25) is 9.78 Å². The van der Waals surface area contributed by atoms with Gasteiger partial charge < -0.3 is 19.7 Å². The maximum absolute atomic E-state index is 12.6. The van der Waals surface area contributed by atoms with Crippen molar-refractivity contribution in [1.82, 2.24) is 4.98 Å². The fourth-order valence-electron chi connectivity index (χ4n) is 5.44. The number of fused-ring (bicyclic) bond motifs is 4. The number of rotatable bonds is 4. The normalized spacial score (nSPS) is 28.3. The van der Waals surface area contributed by atoms with Crippen molar-refractivity contribution in [2.75, 3.05) is 7.11 Å². The standard InChI is InChI=1S/C25H22BrNO5/c1-31-18-12-27-13-19-20(18)17-11-25(32-19,15-7-9-16(26)10-8-15)22(14-5-3-2-4-6-14)21(23(17)28)24(29)30/h2-10,12-13,17,21-23,28H,11H2,1H3,(H,29,30)/t17-,21+,22+,23-,25-/m0/s1. The van der Waals surface area contributed by atoms with Crippen molar-refractivity contribution in [2.45, 2.75) is 30.0 Å². The average molecular weight is 496 g/mol. The SMILES string of the molecule is COc1cncc2c1[C@@H]1C[C@@](c3ccc(Br)cc3)(O2)[C@H](c2ccccc2)[C@@H](C(=O)O)[C@H]1O. The molecule has 164 valence electrons. The van der Waals surface area contributed by atoms with Gasteiger partial charge in [-0.1, -0.05) is 58.4 Å². The minimum atomic E-state index is -1.12. The van der Waals surface area contributed by atoms with Crippen LogP contribution in [0.1, 0.15) is 34.9 Å². The molecule has 0 spiro atoms. The fraction of sp³-hybridized carbons (Fsp3) is 0.280. The van der Waals surface area contributed by atoms with Crippen molar-refractivity contribution in [1.29, 1.82) is 0 Å². The summed E-state index contributed by atoms with van der Waals surface area (Å²) in [6, 6.07) is 17.2. The summed E-state index contributed by atoms with van der Waals surface area (Å²) in [5, 5.41) is 21.7. The zero-order valence-electron chi connectivity index (χ0n) is 17.3. The molecule has 3 aromatic rings. The number of hydrogen-bond donors (Lipinski definition) is 2. The minimum Gasteiger partial charge on any atom is -0.495 e. The van der Waals surface area contributed by atoms with E-state index in [1.165, 1.54) is 7.11 Å². The third kappa shape index (κ3) is 3.11. The van der Waals surface area contributed by atoms with Crippen LogP contribution in [0.25, 0.3) is 0 Å².